The highest BCUT2D eigenvalue weighted by atomic mass is 19.1. The van der Waals surface area contributed by atoms with Gasteiger partial charge in [-0.25, -0.2) is 4.39 Å². The Morgan fingerprint density at radius 2 is 2.00 bits per heavy atom. The molecule has 1 aliphatic carbocycles. The maximum absolute atomic E-state index is 13.8. The molecule has 0 bridgehead atoms. The number of methoxy groups -OCH3 is 1. The van der Waals surface area contributed by atoms with Crippen LogP contribution in [0.3, 0.4) is 0 Å². The summed E-state index contributed by atoms with van der Waals surface area (Å²) in [5.74, 6) is 0.454. The monoisotopic (exact) mass is 288 g/mol. The third-order valence-electron chi connectivity index (χ3n) is 3.81. The zero-order valence-electron chi connectivity index (χ0n) is 12.0. The molecule has 2 aromatic carbocycles. The summed E-state index contributed by atoms with van der Waals surface area (Å²) in [5.41, 5.74) is 2.70. The lowest BCUT2D eigenvalue weighted by atomic mass is 10.1. The van der Waals surface area contributed by atoms with Gasteiger partial charge in [-0.2, -0.15) is 0 Å². The standard InChI is InChI=1S/C17H17FO3/c1-10-3-6-14(18)15(7-10)21-16-8-11-4-5-12(20-2)9-13(11)17(16)19/h3-7,9,16-17,19H,8H2,1-2H3. The van der Waals surface area contributed by atoms with Crippen LogP contribution < -0.4 is 9.47 Å². The largest absolute Gasteiger partial charge is 0.497 e. The molecular formula is C17H17FO3. The first-order valence-corrected chi connectivity index (χ1v) is 6.86. The molecule has 0 aliphatic heterocycles. The number of benzene rings is 2. The third kappa shape index (κ3) is 2.59. The van der Waals surface area contributed by atoms with E-state index in [1.165, 1.54) is 6.07 Å². The summed E-state index contributed by atoms with van der Waals surface area (Å²) < 4.78 is 24.6. The molecule has 0 fully saturated rings. The first-order chi connectivity index (χ1) is 10.1. The van der Waals surface area contributed by atoms with Crippen LogP contribution in [0, 0.1) is 12.7 Å². The quantitative estimate of drug-likeness (QED) is 0.942. The van der Waals surface area contributed by atoms with Crippen molar-refractivity contribution in [1.29, 1.82) is 0 Å². The lowest BCUT2D eigenvalue weighted by Gasteiger charge is -2.18. The summed E-state index contributed by atoms with van der Waals surface area (Å²) in [6.45, 7) is 1.87. The number of ether oxygens (including phenoxy) is 2. The van der Waals surface area contributed by atoms with Gasteiger partial charge in [-0.15, -0.1) is 0 Å². The molecule has 3 nitrogen and oxygen atoms in total. The van der Waals surface area contributed by atoms with E-state index in [1.54, 1.807) is 25.3 Å². The molecule has 3 rings (SSSR count). The molecular weight excluding hydrogens is 271 g/mol. The third-order valence-corrected chi connectivity index (χ3v) is 3.81. The molecule has 0 radical (unpaired) electrons. The summed E-state index contributed by atoms with van der Waals surface area (Å²) in [7, 11) is 1.58. The Morgan fingerprint density at radius 1 is 1.19 bits per heavy atom. The van der Waals surface area contributed by atoms with Crippen molar-refractivity contribution in [3.05, 3.63) is 58.9 Å². The van der Waals surface area contributed by atoms with Gasteiger partial charge in [0.05, 0.1) is 7.11 Å². The van der Waals surface area contributed by atoms with Gasteiger partial charge in [0.1, 0.15) is 18.0 Å². The molecule has 1 N–H and O–H groups in total. The molecule has 0 saturated carbocycles. The maximum atomic E-state index is 13.8. The number of aliphatic hydroxyl groups excluding tert-OH is 1. The van der Waals surface area contributed by atoms with Gasteiger partial charge in [0.25, 0.3) is 0 Å². The van der Waals surface area contributed by atoms with Crippen LogP contribution in [0.15, 0.2) is 36.4 Å². The molecule has 1 aliphatic rings. The highest BCUT2D eigenvalue weighted by molar-refractivity contribution is 5.42. The number of aliphatic hydroxyl groups is 1. The van der Waals surface area contributed by atoms with E-state index in [-0.39, 0.29) is 5.75 Å². The molecule has 4 heteroatoms. The van der Waals surface area contributed by atoms with Gasteiger partial charge in [0.15, 0.2) is 11.6 Å². The molecule has 21 heavy (non-hydrogen) atoms. The van der Waals surface area contributed by atoms with Crippen molar-refractivity contribution in [2.75, 3.05) is 7.11 Å². The molecule has 2 unspecified atom stereocenters. The molecule has 2 aromatic rings. The van der Waals surface area contributed by atoms with Gasteiger partial charge in [-0.1, -0.05) is 12.1 Å². The zero-order chi connectivity index (χ0) is 15.0. The summed E-state index contributed by atoms with van der Waals surface area (Å²) in [5, 5.41) is 10.4. The average Bonchev–Trinajstić information content (AvgIpc) is 2.79. The van der Waals surface area contributed by atoms with Crippen LogP contribution in [-0.4, -0.2) is 18.3 Å². The maximum Gasteiger partial charge on any atom is 0.165 e. The Hall–Kier alpha value is -2.07. The van der Waals surface area contributed by atoms with E-state index >= 15 is 0 Å². The van der Waals surface area contributed by atoms with Gasteiger partial charge < -0.3 is 14.6 Å². The lowest BCUT2D eigenvalue weighted by Crippen LogP contribution is -2.22. The average molecular weight is 288 g/mol. The highest BCUT2D eigenvalue weighted by Crippen LogP contribution is 2.36. The predicted octanol–water partition coefficient (Wildman–Crippen LogP) is 3.18. The predicted molar refractivity (Wildman–Crippen MR) is 77.2 cm³/mol. The smallest absolute Gasteiger partial charge is 0.165 e. The van der Waals surface area contributed by atoms with Crippen LogP contribution in [0.2, 0.25) is 0 Å². The minimum Gasteiger partial charge on any atom is -0.497 e. The number of fused-ring (bicyclic) bond motifs is 1. The van der Waals surface area contributed by atoms with Crippen LogP contribution in [0.25, 0.3) is 0 Å². The summed E-state index contributed by atoms with van der Waals surface area (Å²) in [4.78, 5) is 0. The Labute approximate surface area is 122 Å². The van der Waals surface area contributed by atoms with Gasteiger partial charge >= 0.3 is 0 Å². The van der Waals surface area contributed by atoms with Crippen LogP contribution in [0.5, 0.6) is 11.5 Å². The van der Waals surface area contributed by atoms with Gasteiger partial charge in [0, 0.05) is 6.42 Å². The molecule has 0 heterocycles. The lowest BCUT2D eigenvalue weighted by molar-refractivity contribution is 0.0468. The molecule has 0 spiro atoms. The second kappa shape index (κ2) is 5.37. The van der Waals surface area contributed by atoms with Crippen molar-refractivity contribution in [2.45, 2.75) is 25.6 Å². The first-order valence-electron chi connectivity index (χ1n) is 6.86. The molecule has 110 valence electrons. The van der Waals surface area contributed by atoms with E-state index in [9.17, 15) is 9.50 Å². The summed E-state index contributed by atoms with van der Waals surface area (Å²) in [6.07, 6.45) is -0.716. The molecule has 0 saturated heterocycles. The van der Waals surface area contributed by atoms with Crippen molar-refractivity contribution in [3.63, 3.8) is 0 Å². The minimum absolute atomic E-state index is 0.179. The minimum atomic E-state index is -0.782. The fraction of sp³-hybridized carbons (Fsp3) is 0.294. The van der Waals surface area contributed by atoms with E-state index in [0.717, 1.165) is 16.7 Å². The second-order valence-electron chi connectivity index (χ2n) is 5.30. The van der Waals surface area contributed by atoms with E-state index < -0.39 is 18.0 Å². The summed E-state index contributed by atoms with van der Waals surface area (Å²) >= 11 is 0. The van der Waals surface area contributed by atoms with E-state index in [2.05, 4.69) is 0 Å². The Balaban J connectivity index is 1.84. The Bertz CT molecular complexity index is 669. The zero-order valence-corrected chi connectivity index (χ0v) is 12.0. The highest BCUT2D eigenvalue weighted by Gasteiger charge is 2.33. The summed E-state index contributed by atoms with van der Waals surface area (Å²) in [6, 6.07) is 10.3. The van der Waals surface area contributed by atoms with Crippen molar-refractivity contribution < 1.29 is 19.0 Å². The van der Waals surface area contributed by atoms with Crippen molar-refractivity contribution in [1.82, 2.24) is 0 Å². The molecule has 0 amide bonds. The number of aryl methyl sites for hydroxylation is 1. The number of rotatable bonds is 3. The normalized spacial score (nSPS) is 20.2. The number of hydrogen-bond acceptors (Lipinski definition) is 3. The van der Waals surface area contributed by atoms with Crippen LogP contribution in [0.4, 0.5) is 4.39 Å². The Kier molecular flexibility index (Phi) is 3.55. The van der Waals surface area contributed by atoms with Gasteiger partial charge in [0.2, 0.25) is 0 Å². The van der Waals surface area contributed by atoms with Crippen molar-refractivity contribution in [3.8, 4) is 11.5 Å². The van der Waals surface area contributed by atoms with Crippen molar-refractivity contribution >= 4 is 0 Å². The van der Waals surface area contributed by atoms with E-state index in [1.807, 2.05) is 19.1 Å². The van der Waals surface area contributed by atoms with E-state index in [0.29, 0.717) is 12.2 Å². The van der Waals surface area contributed by atoms with Crippen molar-refractivity contribution in [2.24, 2.45) is 0 Å². The van der Waals surface area contributed by atoms with E-state index in [4.69, 9.17) is 9.47 Å². The number of halogens is 1. The molecule has 2 atom stereocenters. The van der Waals surface area contributed by atoms with Gasteiger partial charge in [-0.05, 0) is 47.9 Å². The topological polar surface area (TPSA) is 38.7 Å². The number of hydrogen-bond donors (Lipinski definition) is 1. The molecule has 0 aromatic heterocycles. The Morgan fingerprint density at radius 3 is 2.76 bits per heavy atom. The fourth-order valence-electron chi connectivity index (χ4n) is 2.66. The fourth-order valence-corrected chi connectivity index (χ4v) is 2.66. The SMILES string of the molecule is COc1ccc2c(c1)C(O)C(Oc1cc(C)ccc1F)C2. The van der Waals surface area contributed by atoms with Gasteiger partial charge in [-0.3, -0.25) is 0 Å². The second-order valence-corrected chi connectivity index (χ2v) is 5.30. The van der Waals surface area contributed by atoms with Crippen LogP contribution >= 0.6 is 0 Å². The van der Waals surface area contributed by atoms with Crippen LogP contribution in [0.1, 0.15) is 22.8 Å². The first kappa shape index (κ1) is 13.9. The van der Waals surface area contributed by atoms with Crippen LogP contribution in [-0.2, 0) is 6.42 Å².